The van der Waals surface area contributed by atoms with Gasteiger partial charge in [-0.3, -0.25) is 9.59 Å². The van der Waals surface area contributed by atoms with Crippen molar-refractivity contribution < 1.29 is 22.8 Å². The molecule has 4 nitrogen and oxygen atoms in total. The second-order valence-electron chi connectivity index (χ2n) is 5.74. The molecular weight excluding hydrogens is 305 g/mol. The average Bonchev–Trinajstić information content (AvgIpc) is 2.32. The Morgan fingerprint density at radius 1 is 1.38 bits per heavy atom. The van der Waals surface area contributed by atoms with Crippen LogP contribution in [0, 0.1) is 5.92 Å². The van der Waals surface area contributed by atoms with Crippen LogP contribution in [0.25, 0.3) is 0 Å². The fraction of sp³-hybridized carbons (Fsp3) is 0.846. The maximum atomic E-state index is 12.4. The Hall–Kier alpha value is -0.920. The number of nitrogens with one attached hydrogen (secondary N) is 1. The highest BCUT2D eigenvalue weighted by Crippen LogP contribution is 2.31. The third-order valence-electron chi connectivity index (χ3n) is 3.62. The van der Waals surface area contributed by atoms with Gasteiger partial charge in [0.05, 0.1) is 0 Å². The molecule has 0 bridgehead atoms. The van der Waals surface area contributed by atoms with Crippen molar-refractivity contribution in [2.75, 3.05) is 12.3 Å². The zero-order valence-electron chi connectivity index (χ0n) is 12.6. The van der Waals surface area contributed by atoms with E-state index in [2.05, 4.69) is 5.32 Å². The molecule has 1 aliphatic rings. The van der Waals surface area contributed by atoms with Crippen molar-refractivity contribution in [3.63, 3.8) is 0 Å². The number of thioether (sulfide) groups is 1. The zero-order valence-corrected chi connectivity index (χ0v) is 13.4. The smallest absolute Gasteiger partial charge is 0.340 e. The van der Waals surface area contributed by atoms with Gasteiger partial charge in [-0.15, -0.1) is 0 Å². The first-order valence-corrected chi connectivity index (χ1v) is 7.82. The van der Waals surface area contributed by atoms with E-state index in [1.807, 2.05) is 13.8 Å². The SMILES string of the molecule is CCC(C)C1C(=O)NC(C)(C)C(=O)N1CCSC(F)(F)F. The summed E-state index contributed by atoms with van der Waals surface area (Å²) in [5, 5.41) is 2.65. The van der Waals surface area contributed by atoms with Crippen LogP contribution < -0.4 is 5.32 Å². The third kappa shape index (κ3) is 4.52. The van der Waals surface area contributed by atoms with E-state index in [-0.39, 0.29) is 41.8 Å². The van der Waals surface area contributed by atoms with E-state index >= 15 is 0 Å². The maximum Gasteiger partial charge on any atom is 0.441 e. The molecule has 2 amide bonds. The van der Waals surface area contributed by atoms with Crippen LogP contribution in [0.5, 0.6) is 0 Å². The predicted molar refractivity (Wildman–Crippen MR) is 75.7 cm³/mol. The van der Waals surface area contributed by atoms with Gasteiger partial charge in [0, 0.05) is 12.3 Å². The molecule has 21 heavy (non-hydrogen) atoms. The number of piperazine rings is 1. The van der Waals surface area contributed by atoms with Crippen LogP contribution in [-0.4, -0.2) is 46.1 Å². The number of amides is 2. The normalized spacial score (nSPS) is 24.0. The van der Waals surface area contributed by atoms with Crippen LogP contribution in [0.2, 0.25) is 0 Å². The quantitative estimate of drug-likeness (QED) is 0.844. The van der Waals surface area contributed by atoms with Crippen molar-refractivity contribution >= 4 is 23.6 Å². The minimum Gasteiger partial charge on any atom is -0.340 e. The van der Waals surface area contributed by atoms with E-state index in [1.54, 1.807) is 13.8 Å². The molecule has 2 atom stereocenters. The van der Waals surface area contributed by atoms with Gasteiger partial charge in [-0.05, 0) is 31.5 Å². The van der Waals surface area contributed by atoms with Gasteiger partial charge in [0.25, 0.3) is 0 Å². The number of carbonyl (C=O) groups is 2. The summed E-state index contributed by atoms with van der Waals surface area (Å²) in [7, 11) is 0. The van der Waals surface area contributed by atoms with Gasteiger partial charge in [0.15, 0.2) is 0 Å². The summed E-state index contributed by atoms with van der Waals surface area (Å²) in [4.78, 5) is 25.9. The molecule has 0 aliphatic carbocycles. The minimum atomic E-state index is -4.33. The highest BCUT2D eigenvalue weighted by Gasteiger charge is 2.46. The standard InChI is InChI=1S/C13H21F3N2O2S/c1-5-8(2)9-10(19)17-12(3,4)11(20)18(9)6-7-21-13(14,15)16/h8-9H,5-7H2,1-4H3,(H,17,19). The lowest BCUT2D eigenvalue weighted by Crippen LogP contribution is -2.69. The Balaban J connectivity index is 2.89. The number of alkyl halides is 3. The van der Waals surface area contributed by atoms with Crippen LogP contribution in [0.1, 0.15) is 34.1 Å². The van der Waals surface area contributed by atoms with E-state index in [4.69, 9.17) is 0 Å². The Morgan fingerprint density at radius 3 is 2.43 bits per heavy atom. The van der Waals surface area contributed by atoms with Crippen LogP contribution in [0.3, 0.4) is 0 Å². The molecule has 122 valence electrons. The summed E-state index contributed by atoms with van der Waals surface area (Å²) in [6.07, 6.45) is 0.661. The number of carbonyl (C=O) groups excluding carboxylic acids is 2. The van der Waals surface area contributed by atoms with Gasteiger partial charge >= 0.3 is 5.51 Å². The molecule has 0 saturated carbocycles. The summed E-state index contributed by atoms with van der Waals surface area (Å²) in [6.45, 7) is 6.73. The van der Waals surface area contributed by atoms with Crippen LogP contribution in [0.4, 0.5) is 13.2 Å². The number of rotatable bonds is 5. The summed E-state index contributed by atoms with van der Waals surface area (Å²) in [5.41, 5.74) is -5.41. The molecule has 1 saturated heterocycles. The van der Waals surface area contributed by atoms with Crippen molar-refractivity contribution in [1.29, 1.82) is 0 Å². The average molecular weight is 326 g/mol. The second kappa shape index (κ2) is 6.46. The van der Waals surface area contributed by atoms with Crippen molar-refractivity contribution in [2.24, 2.45) is 5.92 Å². The number of nitrogens with zero attached hydrogens (tertiary/aromatic N) is 1. The lowest BCUT2D eigenvalue weighted by molar-refractivity contribution is -0.155. The number of hydrogen-bond acceptors (Lipinski definition) is 3. The van der Waals surface area contributed by atoms with Gasteiger partial charge in [-0.25, -0.2) is 0 Å². The Bertz CT molecular complexity index is 413. The molecule has 0 aromatic rings. The van der Waals surface area contributed by atoms with Gasteiger partial charge in [0.1, 0.15) is 11.6 Å². The number of hydrogen-bond donors (Lipinski definition) is 1. The molecule has 1 fully saturated rings. The van der Waals surface area contributed by atoms with E-state index in [1.165, 1.54) is 4.90 Å². The predicted octanol–water partition coefficient (Wildman–Crippen LogP) is 2.39. The Kier molecular flexibility index (Phi) is 5.57. The van der Waals surface area contributed by atoms with Crippen LogP contribution in [0.15, 0.2) is 0 Å². The van der Waals surface area contributed by atoms with Crippen molar-refractivity contribution in [3.8, 4) is 0 Å². The summed E-state index contributed by atoms with van der Waals surface area (Å²) in [6, 6.07) is -0.704. The van der Waals surface area contributed by atoms with E-state index in [0.717, 1.165) is 0 Å². The fourth-order valence-corrected chi connectivity index (χ4v) is 2.87. The highest BCUT2D eigenvalue weighted by atomic mass is 32.2. The third-order valence-corrected chi connectivity index (χ3v) is 4.33. The van der Waals surface area contributed by atoms with E-state index in [9.17, 15) is 22.8 Å². The fourth-order valence-electron chi connectivity index (χ4n) is 2.35. The summed E-state index contributed by atoms with van der Waals surface area (Å²) in [5.74, 6) is -1.02. The monoisotopic (exact) mass is 326 g/mol. The van der Waals surface area contributed by atoms with Gasteiger partial charge in [-0.1, -0.05) is 20.3 Å². The Morgan fingerprint density at radius 2 is 1.95 bits per heavy atom. The van der Waals surface area contributed by atoms with E-state index < -0.39 is 17.1 Å². The lowest BCUT2D eigenvalue weighted by Gasteiger charge is -2.44. The topological polar surface area (TPSA) is 49.4 Å². The molecule has 1 rings (SSSR count). The summed E-state index contributed by atoms with van der Waals surface area (Å²) >= 11 is -0.174. The van der Waals surface area contributed by atoms with Crippen molar-refractivity contribution in [2.45, 2.75) is 51.2 Å². The molecule has 1 aliphatic heterocycles. The molecule has 0 spiro atoms. The van der Waals surface area contributed by atoms with Crippen molar-refractivity contribution in [3.05, 3.63) is 0 Å². The molecule has 0 aromatic carbocycles. The van der Waals surface area contributed by atoms with Crippen LogP contribution in [-0.2, 0) is 9.59 Å². The lowest BCUT2D eigenvalue weighted by atomic mass is 9.89. The molecule has 0 radical (unpaired) electrons. The van der Waals surface area contributed by atoms with Crippen LogP contribution >= 0.6 is 11.8 Å². The largest absolute Gasteiger partial charge is 0.441 e. The van der Waals surface area contributed by atoms with Gasteiger partial charge in [0.2, 0.25) is 11.8 Å². The molecule has 1 N–H and O–H groups in total. The first-order chi connectivity index (χ1) is 9.49. The highest BCUT2D eigenvalue weighted by molar-refractivity contribution is 8.00. The molecular formula is C13H21F3N2O2S. The van der Waals surface area contributed by atoms with Crippen molar-refractivity contribution in [1.82, 2.24) is 10.2 Å². The minimum absolute atomic E-state index is 0.0884. The molecule has 8 heteroatoms. The first-order valence-electron chi connectivity index (χ1n) is 6.83. The molecule has 0 aromatic heterocycles. The van der Waals surface area contributed by atoms with Gasteiger partial charge in [-0.2, -0.15) is 13.2 Å². The van der Waals surface area contributed by atoms with Gasteiger partial charge < -0.3 is 10.2 Å². The Labute approximate surface area is 126 Å². The maximum absolute atomic E-state index is 12.4. The van der Waals surface area contributed by atoms with E-state index in [0.29, 0.717) is 6.42 Å². The molecule has 1 heterocycles. The molecule has 2 unspecified atom stereocenters. The second-order valence-corrected chi connectivity index (χ2v) is 6.90. The zero-order chi connectivity index (χ0) is 16.4. The number of halogens is 3. The summed E-state index contributed by atoms with van der Waals surface area (Å²) < 4.78 is 36.7. The first kappa shape index (κ1) is 18.1.